The Balaban J connectivity index is 2.13. The normalized spacial score (nSPS) is 16.9. The van der Waals surface area contributed by atoms with Gasteiger partial charge >= 0.3 is 0 Å². The van der Waals surface area contributed by atoms with Gasteiger partial charge in [0.15, 0.2) is 0 Å². The molecule has 84 valence electrons. The van der Waals surface area contributed by atoms with E-state index in [-0.39, 0.29) is 5.41 Å². The molecule has 0 radical (unpaired) electrons. The lowest BCUT2D eigenvalue weighted by atomic mass is 9.86. The van der Waals surface area contributed by atoms with Gasteiger partial charge in [0.1, 0.15) is 0 Å². The molecule has 1 fully saturated rings. The van der Waals surface area contributed by atoms with E-state index in [2.05, 4.69) is 48.8 Å². The fraction of sp³-hybridized carbons (Fsp3) is 0.500. The number of rotatable bonds is 1. The van der Waals surface area contributed by atoms with E-state index in [1.807, 2.05) is 6.20 Å². The largest absolute Gasteiger partial charge is 0.262 e. The predicted molar refractivity (Wildman–Crippen MR) is 66.7 cm³/mol. The molecule has 0 aliphatic heterocycles. The molecule has 0 unspecified atom stereocenters. The van der Waals surface area contributed by atoms with Gasteiger partial charge < -0.3 is 0 Å². The number of hydrogen-bond acceptors (Lipinski definition) is 1. The maximum atomic E-state index is 4.50. The zero-order valence-corrected chi connectivity index (χ0v) is 10.2. The Kier molecular flexibility index (Phi) is 1.91. The van der Waals surface area contributed by atoms with E-state index < -0.39 is 0 Å². The summed E-state index contributed by atoms with van der Waals surface area (Å²) in [7, 11) is 0. The van der Waals surface area contributed by atoms with Gasteiger partial charge in [0, 0.05) is 5.39 Å². The van der Waals surface area contributed by atoms with Crippen LogP contribution in [0.5, 0.6) is 0 Å². The second-order valence-electron chi connectivity index (χ2n) is 5.84. The first kappa shape index (κ1) is 9.88. The van der Waals surface area contributed by atoms with Gasteiger partial charge in [-0.3, -0.25) is 4.68 Å². The molecule has 2 heteroatoms. The van der Waals surface area contributed by atoms with E-state index >= 15 is 0 Å². The maximum Gasteiger partial charge on any atom is 0.0685 e. The zero-order chi connectivity index (χ0) is 11.3. The van der Waals surface area contributed by atoms with Crippen LogP contribution < -0.4 is 0 Å². The molecule has 2 aromatic rings. The summed E-state index contributed by atoms with van der Waals surface area (Å²) in [5.74, 6) is 0. The van der Waals surface area contributed by atoms with Gasteiger partial charge in [0.25, 0.3) is 0 Å². The highest BCUT2D eigenvalue weighted by atomic mass is 15.3. The van der Waals surface area contributed by atoms with Crippen LogP contribution in [-0.2, 0) is 5.41 Å². The van der Waals surface area contributed by atoms with Crippen molar-refractivity contribution in [3.63, 3.8) is 0 Å². The molecule has 0 N–H and O–H groups in total. The highest BCUT2D eigenvalue weighted by molar-refractivity contribution is 5.79. The van der Waals surface area contributed by atoms with Crippen molar-refractivity contribution >= 4 is 10.9 Å². The van der Waals surface area contributed by atoms with Gasteiger partial charge in [-0.1, -0.05) is 26.8 Å². The van der Waals surface area contributed by atoms with Crippen molar-refractivity contribution in [2.24, 2.45) is 0 Å². The zero-order valence-electron chi connectivity index (χ0n) is 10.2. The summed E-state index contributed by atoms with van der Waals surface area (Å²) in [4.78, 5) is 0. The molecule has 2 nitrogen and oxygen atoms in total. The van der Waals surface area contributed by atoms with Crippen molar-refractivity contribution in [1.29, 1.82) is 0 Å². The highest BCUT2D eigenvalue weighted by Crippen LogP contribution is 2.37. The van der Waals surface area contributed by atoms with Crippen LogP contribution in [0.3, 0.4) is 0 Å². The Labute approximate surface area is 96.3 Å². The lowest BCUT2D eigenvalue weighted by Gasteiger charge is -2.18. The van der Waals surface area contributed by atoms with Crippen molar-refractivity contribution in [1.82, 2.24) is 9.78 Å². The summed E-state index contributed by atoms with van der Waals surface area (Å²) in [5.41, 5.74) is 2.89. The Hall–Kier alpha value is -1.31. The van der Waals surface area contributed by atoms with Crippen LogP contribution in [0.2, 0.25) is 0 Å². The lowest BCUT2D eigenvalue weighted by molar-refractivity contribution is 0.591. The van der Waals surface area contributed by atoms with Crippen LogP contribution in [0.4, 0.5) is 0 Å². The molecule has 1 aliphatic carbocycles. The van der Waals surface area contributed by atoms with Crippen molar-refractivity contribution in [2.75, 3.05) is 0 Å². The van der Waals surface area contributed by atoms with Crippen LogP contribution in [0.15, 0.2) is 24.4 Å². The predicted octanol–water partition coefficient (Wildman–Crippen LogP) is 3.67. The summed E-state index contributed by atoms with van der Waals surface area (Å²) in [6, 6.07) is 7.41. The Morgan fingerprint density at radius 1 is 1.25 bits per heavy atom. The molecule has 16 heavy (non-hydrogen) atoms. The molecule has 1 saturated carbocycles. The van der Waals surface area contributed by atoms with Crippen LogP contribution in [0.1, 0.15) is 45.2 Å². The molecule has 1 aliphatic rings. The third-order valence-corrected chi connectivity index (χ3v) is 3.35. The molecule has 1 aromatic heterocycles. The van der Waals surface area contributed by atoms with E-state index in [9.17, 15) is 0 Å². The van der Waals surface area contributed by atoms with Crippen molar-refractivity contribution in [3.8, 4) is 0 Å². The minimum Gasteiger partial charge on any atom is -0.262 e. The number of hydrogen-bond donors (Lipinski definition) is 0. The molecule has 0 atom stereocenters. The summed E-state index contributed by atoms with van der Waals surface area (Å²) < 4.78 is 2.18. The summed E-state index contributed by atoms with van der Waals surface area (Å²) in [5, 5.41) is 5.77. The SMILES string of the molecule is CC(C)(C)c1ccc2c(cnn2C2CC2)c1. The first-order valence-corrected chi connectivity index (χ1v) is 6.03. The van der Waals surface area contributed by atoms with Crippen molar-refractivity contribution < 1.29 is 0 Å². The number of nitrogens with zero attached hydrogens (tertiary/aromatic N) is 2. The minimum atomic E-state index is 0.218. The third-order valence-electron chi connectivity index (χ3n) is 3.35. The molecule has 3 rings (SSSR count). The quantitative estimate of drug-likeness (QED) is 0.708. The molecule has 1 heterocycles. The molecule has 0 bridgehead atoms. The molecule has 0 spiro atoms. The van der Waals surface area contributed by atoms with Crippen LogP contribution in [0.25, 0.3) is 10.9 Å². The first-order valence-electron chi connectivity index (χ1n) is 6.03. The summed E-state index contributed by atoms with van der Waals surface area (Å²) in [6.07, 6.45) is 4.58. The first-order chi connectivity index (χ1) is 7.55. The van der Waals surface area contributed by atoms with Gasteiger partial charge in [-0.25, -0.2) is 0 Å². The summed E-state index contributed by atoms with van der Waals surface area (Å²) in [6.45, 7) is 6.75. The molecule has 0 saturated heterocycles. The highest BCUT2D eigenvalue weighted by Gasteiger charge is 2.26. The van der Waals surface area contributed by atoms with Gasteiger partial charge in [0.05, 0.1) is 17.8 Å². The van der Waals surface area contributed by atoms with E-state index in [4.69, 9.17) is 0 Å². The van der Waals surface area contributed by atoms with Gasteiger partial charge in [-0.05, 0) is 36.0 Å². The molecular formula is C14H18N2. The molecular weight excluding hydrogens is 196 g/mol. The van der Waals surface area contributed by atoms with E-state index in [0.29, 0.717) is 6.04 Å². The average molecular weight is 214 g/mol. The van der Waals surface area contributed by atoms with E-state index in [0.717, 1.165) is 0 Å². The van der Waals surface area contributed by atoms with Crippen molar-refractivity contribution in [2.45, 2.75) is 45.1 Å². The van der Waals surface area contributed by atoms with Crippen LogP contribution in [0, 0.1) is 0 Å². The molecule has 1 aromatic carbocycles. The molecule has 0 amide bonds. The maximum absolute atomic E-state index is 4.50. The number of fused-ring (bicyclic) bond motifs is 1. The van der Waals surface area contributed by atoms with Crippen LogP contribution >= 0.6 is 0 Å². The summed E-state index contributed by atoms with van der Waals surface area (Å²) >= 11 is 0. The second kappa shape index (κ2) is 3.09. The standard InChI is InChI=1S/C14H18N2/c1-14(2,3)11-4-7-13-10(8-11)9-15-16(13)12-5-6-12/h4,7-9,12H,5-6H2,1-3H3. The number of benzene rings is 1. The Morgan fingerprint density at radius 2 is 2.00 bits per heavy atom. The minimum absolute atomic E-state index is 0.218. The van der Waals surface area contributed by atoms with E-state index in [1.165, 1.54) is 29.3 Å². The van der Waals surface area contributed by atoms with E-state index in [1.54, 1.807) is 0 Å². The Bertz CT molecular complexity index is 527. The Morgan fingerprint density at radius 3 is 2.62 bits per heavy atom. The van der Waals surface area contributed by atoms with Gasteiger partial charge in [-0.2, -0.15) is 5.10 Å². The van der Waals surface area contributed by atoms with Gasteiger partial charge in [0.2, 0.25) is 0 Å². The monoisotopic (exact) mass is 214 g/mol. The third kappa shape index (κ3) is 1.53. The van der Waals surface area contributed by atoms with Crippen molar-refractivity contribution in [3.05, 3.63) is 30.0 Å². The van der Waals surface area contributed by atoms with Gasteiger partial charge in [-0.15, -0.1) is 0 Å². The smallest absolute Gasteiger partial charge is 0.0685 e. The fourth-order valence-corrected chi connectivity index (χ4v) is 2.13. The second-order valence-corrected chi connectivity index (χ2v) is 5.84. The fourth-order valence-electron chi connectivity index (χ4n) is 2.13. The average Bonchev–Trinajstić information content (AvgIpc) is 2.96. The lowest BCUT2D eigenvalue weighted by Crippen LogP contribution is -2.10. The van der Waals surface area contributed by atoms with Crippen LogP contribution in [-0.4, -0.2) is 9.78 Å². The topological polar surface area (TPSA) is 17.8 Å². The number of aromatic nitrogens is 2.